The van der Waals surface area contributed by atoms with Gasteiger partial charge in [0, 0.05) is 38.7 Å². The molecule has 0 atom stereocenters. The fraction of sp³-hybridized carbons (Fsp3) is 0.333. The minimum atomic E-state index is -0.397. The molecule has 0 saturated heterocycles. The summed E-state index contributed by atoms with van der Waals surface area (Å²) >= 11 is 0. The van der Waals surface area contributed by atoms with Crippen LogP contribution in [0.25, 0.3) is 0 Å². The van der Waals surface area contributed by atoms with Crippen molar-refractivity contribution in [3.63, 3.8) is 0 Å². The summed E-state index contributed by atoms with van der Waals surface area (Å²) < 4.78 is 0. The number of aliphatic imine (C=N–C) groups is 1. The zero-order valence-electron chi connectivity index (χ0n) is 16.9. The molecule has 0 aliphatic heterocycles. The standard InChI is InChI=1S/C21H26N4O3/c1-6-25(7-2)16-8-9-17(13(3)10-16)24-18-11-20(23-15(5)27)21(28)12-19(18)22-14(4)26/h8-12H,6-7H2,1-5H3,(H,22,26)(H,23,27). The van der Waals surface area contributed by atoms with Gasteiger partial charge in [0.1, 0.15) is 0 Å². The highest BCUT2D eigenvalue weighted by atomic mass is 16.2. The normalized spacial score (nSPS) is 15.0. The van der Waals surface area contributed by atoms with E-state index in [4.69, 9.17) is 0 Å². The largest absolute Gasteiger partial charge is 0.372 e. The smallest absolute Gasteiger partial charge is 0.221 e. The molecule has 7 heteroatoms. The van der Waals surface area contributed by atoms with E-state index in [2.05, 4.69) is 40.4 Å². The number of anilines is 1. The summed E-state index contributed by atoms with van der Waals surface area (Å²) in [4.78, 5) is 41.9. The van der Waals surface area contributed by atoms with Crippen molar-refractivity contribution in [2.24, 2.45) is 4.99 Å². The monoisotopic (exact) mass is 382 g/mol. The second kappa shape index (κ2) is 9.12. The van der Waals surface area contributed by atoms with Crippen molar-refractivity contribution in [1.29, 1.82) is 0 Å². The maximum atomic E-state index is 12.2. The van der Waals surface area contributed by atoms with Crippen molar-refractivity contribution >= 4 is 34.7 Å². The molecule has 148 valence electrons. The van der Waals surface area contributed by atoms with Gasteiger partial charge in [-0.15, -0.1) is 0 Å². The number of ketones is 1. The zero-order valence-corrected chi connectivity index (χ0v) is 16.9. The predicted molar refractivity (Wildman–Crippen MR) is 111 cm³/mol. The lowest BCUT2D eigenvalue weighted by Crippen LogP contribution is -2.32. The minimum Gasteiger partial charge on any atom is -0.372 e. The fourth-order valence-corrected chi connectivity index (χ4v) is 2.92. The van der Waals surface area contributed by atoms with Crippen LogP contribution in [0.15, 0.2) is 46.7 Å². The molecule has 2 N–H and O–H groups in total. The Kier molecular flexibility index (Phi) is 6.87. The number of hydrogen-bond acceptors (Lipinski definition) is 5. The van der Waals surface area contributed by atoms with Gasteiger partial charge in [0.15, 0.2) is 0 Å². The zero-order chi connectivity index (χ0) is 20.8. The number of aryl methyl sites for hydroxylation is 1. The molecule has 7 nitrogen and oxygen atoms in total. The van der Waals surface area contributed by atoms with E-state index < -0.39 is 5.78 Å². The topological polar surface area (TPSA) is 90.9 Å². The van der Waals surface area contributed by atoms with Gasteiger partial charge >= 0.3 is 0 Å². The average Bonchev–Trinajstić information content (AvgIpc) is 2.61. The number of rotatable bonds is 6. The number of carbonyl (C=O) groups is 3. The highest BCUT2D eigenvalue weighted by Crippen LogP contribution is 2.26. The van der Waals surface area contributed by atoms with Crippen molar-refractivity contribution in [1.82, 2.24) is 10.6 Å². The molecule has 0 saturated carbocycles. The molecule has 0 bridgehead atoms. The summed E-state index contributed by atoms with van der Waals surface area (Å²) in [6.07, 6.45) is 2.75. The first-order chi connectivity index (χ1) is 13.2. The molecule has 0 unspecified atom stereocenters. The van der Waals surface area contributed by atoms with Crippen molar-refractivity contribution in [3.05, 3.63) is 47.3 Å². The maximum absolute atomic E-state index is 12.2. The Hall–Kier alpha value is -3.22. The number of carbonyl (C=O) groups excluding carboxylic acids is 3. The molecule has 0 fully saturated rings. The molecule has 0 radical (unpaired) electrons. The fourth-order valence-electron chi connectivity index (χ4n) is 2.92. The summed E-state index contributed by atoms with van der Waals surface area (Å²) in [6, 6.07) is 5.96. The molecule has 28 heavy (non-hydrogen) atoms. The Morgan fingerprint density at radius 2 is 1.61 bits per heavy atom. The van der Waals surface area contributed by atoms with E-state index in [1.165, 1.54) is 26.0 Å². The molecule has 0 heterocycles. The average molecular weight is 382 g/mol. The lowest BCUT2D eigenvalue weighted by Gasteiger charge is -2.22. The highest BCUT2D eigenvalue weighted by molar-refractivity contribution is 6.23. The summed E-state index contributed by atoms with van der Waals surface area (Å²) in [7, 11) is 0. The summed E-state index contributed by atoms with van der Waals surface area (Å²) in [5.74, 6) is -1.06. The maximum Gasteiger partial charge on any atom is 0.221 e. The third kappa shape index (κ3) is 5.16. The molecule has 2 rings (SSSR count). The van der Waals surface area contributed by atoms with Crippen LogP contribution in [0.5, 0.6) is 0 Å². The van der Waals surface area contributed by atoms with E-state index >= 15 is 0 Å². The Morgan fingerprint density at radius 3 is 2.14 bits per heavy atom. The van der Waals surface area contributed by atoms with Gasteiger partial charge in [0.05, 0.1) is 22.8 Å². The Bertz CT molecular complexity index is 893. The van der Waals surface area contributed by atoms with Crippen LogP contribution in [0.4, 0.5) is 11.4 Å². The van der Waals surface area contributed by atoms with Crippen molar-refractivity contribution in [2.75, 3.05) is 18.0 Å². The molecule has 0 spiro atoms. The summed E-state index contributed by atoms with van der Waals surface area (Å²) in [6.45, 7) is 10.7. The molecule has 1 aliphatic carbocycles. The Labute approximate surface area is 165 Å². The molecule has 1 aliphatic rings. The van der Waals surface area contributed by atoms with Gasteiger partial charge in [0.25, 0.3) is 0 Å². The third-order valence-corrected chi connectivity index (χ3v) is 4.27. The van der Waals surface area contributed by atoms with E-state index in [0.717, 1.165) is 30.0 Å². The third-order valence-electron chi connectivity index (χ3n) is 4.27. The van der Waals surface area contributed by atoms with Gasteiger partial charge in [-0.05, 0) is 50.6 Å². The van der Waals surface area contributed by atoms with Crippen LogP contribution in [-0.4, -0.2) is 36.4 Å². The van der Waals surface area contributed by atoms with Gasteiger partial charge in [0.2, 0.25) is 17.6 Å². The molecular formula is C21H26N4O3. The molecule has 1 aromatic rings. The number of benzene rings is 1. The second-order valence-electron chi connectivity index (χ2n) is 6.48. The van der Waals surface area contributed by atoms with Gasteiger partial charge in [-0.3, -0.25) is 14.4 Å². The van der Waals surface area contributed by atoms with Crippen LogP contribution in [-0.2, 0) is 14.4 Å². The second-order valence-corrected chi connectivity index (χ2v) is 6.48. The lowest BCUT2D eigenvalue weighted by atomic mass is 10.0. The van der Waals surface area contributed by atoms with E-state index in [1.54, 1.807) is 0 Å². The number of hydrogen-bond donors (Lipinski definition) is 2. The summed E-state index contributed by atoms with van der Waals surface area (Å²) in [5, 5.41) is 5.13. The Morgan fingerprint density at radius 1 is 1.00 bits per heavy atom. The minimum absolute atomic E-state index is 0.123. The van der Waals surface area contributed by atoms with Gasteiger partial charge in [-0.2, -0.15) is 0 Å². The van der Waals surface area contributed by atoms with Crippen LogP contribution in [0.1, 0.15) is 33.3 Å². The first-order valence-electron chi connectivity index (χ1n) is 9.22. The van der Waals surface area contributed by atoms with Crippen LogP contribution in [0.3, 0.4) is 0 Å². The van der Waals surface area contributed by atoms with Crippen molar-refractivity contribution in [3.8, 4) is 0 Å². The molecular weight excluding hydrogens is 356 g/mol. The van der Waals surface area contributed by atoms with Crippen molar-refractivity contribution in [2.45, 2.75) is 34.6 Å². The van der Waals surface area contributed by atoms with Gasteiger partial charge in [-0.25, -0.2) is 4.99 Å². The van der Waals surface area contributed by atoms with E-state index in [9.17, 15) is 14.4 Å². The van der Waals surface area contributed by atoms with E-state index in [-0.39, 0.29) is 17.5 Å². The molecule has 1 aromatic carbocycles. The quantitative estimate of drug-likeness (QED) is 0.740. The van der Waals surface area contributed by atoms with Crippen molar-refractivity contribution < 1.29 is 14.4 Å². The van der Waals surface area contributed by atoms with E-state index in [0.29, 0.717) is 11.4 Å². The molecule has 2 amide bonds. The first-order valence-corrected chi connectivity index (χ1v) is 9.22. The highest BCUT2D eigenvalue weighted by Gasteiger charge is 2.21. The first kappa shape index (κ1) is 21.1. The van der Waals surface area contributed by atoms with Gasteiger partial charge in [-0.1, -0.05) is 0 Å². The number of nitrogens with one attached hydrogen (secondary N) is 2. The lowest BCUT2D eigenvalue weighted by molar-refractivity contribution is -0.120. The summed E-state index contributed by atoms with van der Waals surface area (Å²) in [5.41, 5.74) is 3.62. The van der Waals surface area contributed by atoms with Crippen LogP contribution < -0.4 is 15.5 Å². The van der Waals surface area contributed by atoms with Crippen LogP contribution in [0, 0.1) is 6.92 Å². The number of amides is 2. The van der Waals surface area contributed by atoms with E-state index in [1.807, 2.05) is 19.1 Å². The van der Waals surface area contributed by atoms with Crippen LogP contribution in [0.2, 0.25) is 0 Å². The number of nitrogens with zero attached hydrogens (tertiary/aromatic N) is 2. The SMILES string of the molecule is CCN(CC)c1ccc(N=C2C=C(NC(C)=O)C(=O)C=C2NC(C)=O)c(C)c1. The van der Waals surface area contributed by atoms with Crippen LogP contribution >= 0.6 is 0 Å². The Balaban J connectivity index is 2.47. The molecule has 0 aromatic heterocycles. The number of allylic oxidation sites excluding steroid dienone is 2. The predicted octanol–water partition coefficient (Wildman–Crippen LogP) is 2.54. The van der Waals surface area contributed by atoms with Gasteiger partial charge < -0.3 is 15.5 Å².